The van der Waals surface area contributed by atoms with Gasteiger partial charge in [0.2, 0.25) is 0 Å². The van der Waals surface area contributed by atoms with Crippen molar-refractivity contribution in [2.45, 2.75) is 51.5 Å². The lowest BCUT2D eigenvalue weighted by Crippen LogP contribution is -2.43. The highest BCUT2D eigenvalue weighted by Crippen LogP contribution is 2.31. The number of Topliss-reactive ketones (excluding diaryl/α,β-unsaturated/α-hetero) is 1. The van der Waals surface area contributed by atoms with Crippen LogP contribution < -0.4 is 0 Å². The van der Waals surface area contributed by atoms with E-state index in [1.807, 2.05) is 0 Å². The number of carbonyl (C=O) groups excluding carboxylic acids is 1. The molecule has 0 aromatic heterocycles. The van der Waals surface area contributed by atoms with Crippen LogP contribution in [0.1, 0.15) is 45.4 Å². The Hall–Kier alpha value is -0.370. The molecule has 0 aromatic carbocycles. The molecule has 1 unspecified atom stereocenters. The smallest absolute Gasteiger partial charge is 0.149 e. The molecule has 0 N–H and O–H groups in total. The number of carbonyl (C=O) groups is 1. The summed E-state index contributed by atoms with van der Waals surface area (Å²) in [5.41, 5.74) is 0. The second kappa shape index (κ2) is 4.43. The summed E-state index contributed by atoms with van der Waals surface area (Å²) in [6, 6.07) is 0.273. The van der Waals surface area contributed by atoms with Gasteiger partial charge in [-0.15, -0.1) is 0 Å². The van der Waals surface area contributed by atoms with E-state index in [9.17, 15) is 4.79 Å². The number of hydrogen-bond donors (Lipinski definition) is 0. The lowest BCUT2D eigenvalue weighted by Gasteiger charge is -2.32. The van der Waals surface area contributed by atoms with Crippen LogP contribution in [0.2, 0.25) is 0 Å². The fourth-order valence-electron chi connectivity index (χ4n) is 2.46. The van der Waals surface area contributed by atoms with Gasteiger partial charge in [0.15, 0.2) is 0 Å². The summed E-state index contributed by atoms with van der Waals surface area (Å²) in [6.45, 7) is 4.41. The van der Waals surface area contributed by atoms with Crippen molar-refractivity contribution >= 4 is 5.78 Å². The van der Waals surface area contributed by atoms with Gasteiger partial charge in [-0.25, -0.2) is 0 Å². The second-order valence-electron chi connectivity index (χ2n) is 4.76. The molecule has 0 heterocycles. The number of likely N-dealkylation sites (N-methyl/N-ethyl adjacent to an activating group) is 1. The van der Waals surface area contributed by atoms with E-state index < -0.39 is 0 Å². The first-order valence-corrected chi connectivity index (χ1v) is 6.08. The molecule has 2 saturated carbocycles. The lowest BCUT2D eigenvalue weighted by atomic mass is 9.92. The van der Waals surface area contributed by atoms with Gasteiger partial charge in [0.25, 0.3) is 0 Å². The summed E-state index contributed by atoms with van der Waals surface area (Å²) in [6.07, 6.45) is 7.08. The summed E-state index contributed by atoms with van der Waals surface area (Å²) >= 11 is 0. The lowest BCUT2D eigenvalue weighted by molar-refractivity contribution is -0.126. The summed E-state index contributed by atoms with van der Waals surface area (Å²) in [7, 11) is 0. The Kier molecular flexibility index (Phi) is 3.22. The molecule has 80 valence electrons. The third-order valence-corrected chi connectivity index (χ3v) is 3.56. The highest BCUT2D eigenvalue weighted by atomic mass is 16.1. The Morgan fingerprint density at radius 2 is 2.07 bits per heavy atom. The number of nitrogens with zero attached hydrogens (tertiary/aromatic N) is 1. The molecule has 0 aliphatic heterocycles. The van der Waals surface area contributed by atoms with E-state index in [4.69, 9.17) is 0 Å². The minimum absolute atomic E-state index is 0.273. The fourth-order valence-corrected chi connectivity index (χ4v) is 2.46. The first-order chi connectivity index (χ1) is 6.81. The quantitative estimate of drug-likeness (QED) is 0.685. The molecule has 0 amide bonds. The predicted molar refractivity (Wildman–Crippen MR) is 57.2 cm³/mol. The minimum atomic E-state index is 0.273. The highest BCUT2D eigenvalue weighted by Gasteiger charge is 2.31. The molecular weight excluding hydrogens is 174 g/mol. The summed E-state index contributed by atoms with van der Waals surface area (Å²) < 4.78 is 0. The van der Waals surface area contributed by atoms with Crippen LogP contribution in [0.3, 0.4) is 0 Å². The van der Waals surface area contributed by atoms with Gasteiger partial charge < -0.3 is 0 Å². The first kappa shape index (κ1) is 10.2. The molecular formula is C12H21NO. The van der Waals surface area contributed by atoms with E-state index >= 15 is 0 Å². The molecule has 0 bridgehead atoms. The Morgan fingerprint density at radius 3 is 2.64 bits per heavy atom. The van der Waals surface area contributed by atoms with Gasteiger partial charge in [0, 0.05) is 13.0 Å². The average Bonchev–Trinajstić information content (AvgIpc) is 2.99. The van der Waals surface area contributed by atoms with Gasteiger partial charge >= 0.3 is 0 Å². The number of rotatable bonds is 4. The van der Waals surface area contributed by atoms with Gasteiger partial charge in [-0.1, -0.05) is 13.3 Å². The average molecular weight is 195 g/mol. The number of ketones is 1. The summed E-state index contributed by atoms with van der Waals surface area (Å²) in [5.74, 6) is 1.41. The van der Waals surface area contributed by atoms with E-state index in [1.54, 1.807) is 0 Å². The van der Waals surface area contributed by atoms with Crippen LogP contribution in [0.5, 0.6) is 0 Å². The van der Waals surface area contributed by atoms with Crippen molar-refractivity contribution in [3.05, 3.63) is 0 Å². The topological polar surface area (TPSA) is 20.3 Å². The molecule has 1 atom stereocenters. The zero-order valence-electron chi connectivity index (χ0n) is 9.17. The van der Waals surface area contributed by atoms with Gasteiger partial charge in [-0.2, -0.15) is 0 Å². The highest BCUT2D eigenvalue weighted by molar-refractivity contribution is 5.84. The van der Waals surface area contributed by atoms with Gasteiger partial charge in [-0.3, -0.25) is 9.69 Å². The van der Waals surface area contributed by atoms with Crippen molar-refractivity contribution in [1.29, 1.82) is 0 Å². The molecule has 2 aliphatic carbocycles. The number of hydrogen-bond acceptors (Lipinski definition) is 2. The molecule has 2 fully saturated rings. The third-order valence-electron chi connectivity index (χ3n) is 3.56. The maximum Gasteiger partial charge on any atom is 0.149 e. The van der Waals surface area contributed by atoms with Crippen LogP contribution in [-0.2, 0) is 4.79 Å². The van der Waals surface area contributed by atoms with Crippen molar-refractivity contribution in [2.24, 2.45) is 5.92 Å². The molecule has 2 heteroatoms. The van der Waals surface area contributed by atoms with Gasteiger partial charge in [-0.05, 0) is 38.1 Å². The van der Waals surface area contributed by atoms with E-state index in [-0.39, 0.29) is 6.04 Å². The third kappa shape index (κ3) is 2.35. The van der Waals surface area contributed by atoms with E-state index in [0.29, 0.717) is 5.78 Å². The molecule has 2 aliphatic rings. The van der Waals surface area contributed by atoms with E-state index in [1.165, 1.54) is 25.8 Å². The SMILES string of the molecule is CCN(CC1CC1)C1CCCCC1=O. The zero-order chi connectivity index (χ0) is 9.97. The Labute approximate surface area is 86.7 Å². The van der Waals surface area contributed by atoms with Crippen LogP contribution in [0, 0.1) is 5.92 Å². The minimum Gasteiger partial charge on any atom is -0.298 e. The van der Waals surface area contributed by atoms with Crippen LogP contribution in [0.15, 0.2) is 0 Å². The van der Waals surface area contributed by atoms with Crippen LogP contribution in [0.4, 0.5) is 0 Å². The Balaban J connectivity index is 1.90. The Bertz CT molecular complexity index is 210. The molecule has 2 rings (SSSR count). The molecule has 0 spiro atoms. The fraction of sp³-hybridized carbons (Fsp3) is 0.917. The Morgan fingerprint density at radius 1 is 1.29 bits per heavy atom. The first-order valence-electron chi connectivity index (χ1n) is 6.08. The summed E-state index contributed by atoms with van der Waals surface area (Å²) in [4.78, 5) is 14.2. The van der Waals surface area contributed by atoms with Gasteiger partial charge in [0.05, 0.1) is 6.04 Å². The maximum absolute atomic E-state index is 11.8. The van der Waals surface area contributed by atoms with Crippen LogP contribution in [0.25, 0.3) is 0 Å². The zero-order valence-corrected chi connectivity index (χ0v) is 9.17. The molecule has 14 heavy (non-hydrogen) atoms. The maximum atomic E-state index is 11.8. The molecule has 2 nitrogen and oxygen atoms in total. The standard InChI is InChI=1S/C12H21NO/c1-2-13(9-10-7-8-10)11-5-3-4-6-12(11)14/h10-11H,2-9H2,1H3. The van der Waals surface area contributed by atoms with Crippen LogP contribution >= 0.6 is 0 Å². The largest absolute Gasteiger partial charge is 0.298 e. The van der Waals surface area contributed by atoms with E-state index in [0.717, 1.165) is 31.7 Å². The van der Waals surface area contributed by atoms with E-state index in [2.05, 4.69) is 11.8 Å². The van der Waals surface area contributed by atoms with Crippen molar-refractivity contribution < 1.29 is 4.79 Å². The molecule has 0 aromatic rings. The van der Waals surface area contributed by atoms with Crippen LogP contribution in [-0.4, -0.2) is 29.8 Å². The predicted octanol–water partition coefficient (Wildman–Crippen LogP) is 2.23. The van der Waals surface area contributed by atoms with Crippen molar-refractivity contribution in [3.8, 4) is 0 Å². The molecule has 0 saturated heterocycles. The van der Waals surface area contributed by atoms with Crippen molar-refractivity contribution in [1.82, 2.24) is 4.90 Å². The summed E-state index contributed by atoms with van der Waals surface area (Å²) in [5, 5.41) is 0. The van der Waals surface area contributed by atoms with Gasteiger partial charge in [0.1, 0.15) is 5.78 Å². The molecule has 0 radical (unpaired) electrons. The van der Waals surface area contributed by atoms with Crippen molar-refractivity contribution in [3.63, 3.8) is 0 Å². The second-order valence-corrected chi connectivity index (χ2v) is 4.76. The normalized spacial score (nSPS) is 28.4. The monoisotopic (exact) mass is 195 g/mol. The van der Waals surface area contributed by atoms with Crippen molar-refractivity contribution in [2.75, 3.05) is 13.1 Å².